The van der Waals surface area contributed by atoms with Crippen LogP contribution in [0, 0.1) is 17.3 Å². The van der Waals surface area contributed by atoms with Crippen molar-refractivity contribution >= 4 is 11.5 Å². The number of aromatic nitrogens is 1. The summed E-state index contributed by atoms with van der Waals surface area (Å²) in [4.78, 5) is 3.21. The zero-order valence-electron chi connectivity index (χ0n) is 5.50. The number of nitrogens with two attached hydrogens (primary N) is 2. The first-order chi connectivity index (χ1) is 5.15. The van der Waals surface area contributed by atoms with E-state index in [0.29, 0.717) is 0 Å². The normalized spacial score (nSPS) is 9.09. The topological polar surface area (TPSA) is 88.7 Å². The van der Waals surface area contributed by atoms with E-state index in [1.54, 1.807) is 6.07 Å². The minimum Gasteiger partial charge on any atom is -0.397 e. The molecule has 56 valence electrons. The molecule has 1 aromatic rings. The van der Waals surface area contributed by atoms with Crippen LogP contribution < -0.4 is 11.5 Å². The second kappa shape index (κ2) is 2.42. The van der Waals surface area contributed by atoms with Crippen LogP contribution in [0.1, 0.15) is 5.56 Å². The maximum Gasteiger partial charge on any atom is 0.216 e. The summed E-state index contributed by atoms with van der Waals surface area (Å²) in [6, 6.07) is 2.66. The van der Waals surface area contributed by atoms with E-state index in [4.69, 9.17) is 16.7 Å². The number of nitrogens with zero attached hydrogens (tertiary/aromatic N) is 2. The van der Waals surface area contributed by atoms with Gasteiger partial charge in [0, 0.05) is 6.07 Å². The van der Waals surface area contributed by atoms with E-state index in [-0.39, 0.29) is 17.1 Å². The number of nitrogen functional groups attached to an aromatic ring is 2. The average Bonchev–Trinajstić information content (AvgIpc) is 1.85. The summed E-state index contributed by atoms with van der Waals surface area (Å²) in [5.41, 5.74) is 10.5. The van der Waals surface area contributed by atoms with E-state index in [2.05, 4.69) is 4.98 Å². The third kappa shape index (κ3) is 1.19. The standard InChI is InChI=1S/C6H5FN4/c7-5-1-4(9)3(2-8)6(10)11-5/h1H,(H4,9,10,11). The lowest BCUT2D eigenvalue weighted by molar-refractivity contribution is 0.586. The SMILES string of the molecule is N#Cc1c(N)cc(F)nc1N. The molecular weight excluding hydrogens is 147 g/mol. The monoisotopic (exact) mass is 152 g/mol. The molecule has 0 aromatic carbocycles. The molecule has 4 nitrogen and oxygen atoms in total. The number of anilines is 2. The highest BCUT2D eigenvalue weighted by Crippen LogP contribution is 2.16. The van der Waals surface area contributed by atoms with Crippen LogP contribution >= 0.6 is 0 Å². The van der Waals surface area contributed by atoms with Gasteiger partial charge in [0.25, 0.3) is 0 Å². The molecule has 11 heavy (non-hydrogen) atoms. The number of rotatable bonds is 0. The van der Waals surface area contributed by atoms with Gasteiger partial charge in [-0.25, -0.2) is 4.98 Å². The lowest BCUT2D eigenvalue weighted by atomic mass is 10.2. The van der Waals surface area contributed by atoms with E-state index >= 15 is 0 Å². The molecule has 0 saturated heterocycles. The highest BCUT2D eigenvalue weighted by atomic mass is 19.1. The number of pyridine rings is 1. The Morgan fingerprint density at radius 2 is 2.18 bits per heavy atom. The fourth-order valence-corrected chi connectivity index (χ4v) is 0.673. The second-order valence-corrected chi connectivity index (χ2v) is 1.91. The van der Waals surface area contributed by atoms with Crippen molar-refractivity contribution in [3.63, 3.8) is 0 Å². The van der Waals surface area contributed by atoms with Crippen LogP contribution in [0.5, 0.6) is 0 Å². The maximum absolute atomic E-state index is 12.4. The van der Waals surface area contributed by atoms with Gasteiger partial charge in [0.1, 0.15) is 17.5 Å². The fraction of sp³-hybridized carbons (Fsp3) is 0. The van der Waals surface area contributed by atoms with Crippen LogP contribution in [0.4, 0.5) is 15.9 Å². The average molecular weight is 152 g/mol. The highest BCUT2D eigenvalue weighted by Gasteiger charge is 2.06. The summed E-state index contributed by atoms with van der Waals surface area (Å²) in [7, 11) is 0. The largest absolute Gasteiger partial charge is 0.397 e. The third-order valence-electron chi connectivity index (χ3n) is 1.16. The summed E-state index contributed by atoms with van der Waals surface area (Å²) in [6.45, 7) is 0. The first kappa shape index (κ1) is 7.28. The Bertz CT molecular complexity index is 305. The molecule has 1 aromatic heterocycles. The second-order valence-electron chi connectivity index (χ2n) is 1.91. The molecule has 1 heterocycles. The minimum atomic E-state index is -0.779. The molecule has 0 radical (unpaired) electrons. The number of hydrogen-bond donors (Lipinski definition) is 2. The van der Waals surface area contributed by atoms with Crippen LogP contribution in [0.25, 0.3) is 0 Å². The molecule has 0 fully saturated rings. The molecule has 0 saturated carbocycles. The number of nitriles is 1. The molecule has 4 N–H and O–H groups in total. The summed E-state index contributed by atoms with van der Waals surface area (Å²) >= 11 is 0. The van der Waals surface area contributed by atoms with E-state index in [1.807, 2.05) is 0 Å². The van der Waals surface area contributed by atoms with Gasteiger partial charge in [0.05, 0.1) is 5.69 Å². The number of hydrogen-bond acceptors (Lipinski definition) is 4. The Kier molecular flexibility index (Phi) is 1.60. The Hall–Kier alpha value is -1.83. The van der Waals surface area contributed by atoms with Gasteiger partial charge in [0.2, 0.25) is 5.95 Å². The van der Waals surface area contributed by atoms with Gasteiger partial charge >= 0.3 is 0 Å². The van der Waals surface area contributed by atoms with Crippen LogP contribution in [0.15, 0.2) is 6.07 Å². The van der Waals surface area contributed by atoms with Crippen molar-refractivity contribution in [2.45, 2.75) is 0 Å². The van der Waals surface area contributed by atoms with Gasteiger partial charge < -0.3 is 11.5 Å². The van der Waals surface area contributed by atoms with Gasteiger partial charge in [-0.05, 0) is 0 Å². The van der Waals surface area contributed by atoms with E-state index in [9.17, 15) is 4.39 Å². The van der Waals surface area contributed by atoms with Crippen molar-refractivity contribution in [3.8, 4) is 6.07 Å². The summed E-state index contributed by atoms with van der Waals surface area (Å²) < 4.78 is 12.4. The zero-order valence-corrected chi connectivity index (χ0v) is 5.50. The maximum atomic E-state index is 12.4. The van der Waals surface area contributed by atoms with Gasteiger partial charge in [-0.3, -0.25) is 0 Å². The van der Waals surface area contributed by atoms with Crippen molar-refractivity contribution in [1.29, 1.82) is 5.26 Å². The molecule has 0 aliphatic carbocycles. The summed E-state index contributed by atoms with van der Waals surface area (Å²) in [6.07, 6.45) is 0. The molecule has 0 aliphatic rings. The third-order valence-corrected chi connectivity index (χ3v) is 1.16. The predicted molar refractivity (Wildman–Crippen MR) is 37.7 cm³/mol. The first-order valence-corrected chi connectivity index (χ1v) is 2.76. The smallest absolute Gasteiger partial charge is 0.216 e. The van der Waals surface area contributed by atoms with Crippen molar-refractivity contribution in [2.24, 2.45) is 0 Å². The van der Waals surface area contributed by atoms with E-state index < -0.39 is 5.95 Å². The molecule has 0 bridgehead atoms. The summed E-state index contributed by atoms with van der Waals surface area (Å²) in [5.74, 6) is -0.955. The van der Waals surface area contributed by atoms with E-state index in [0.717, 1.165) is 6.07 Å². The van der Waals surface area contributed by atoms with Gasteiger partial charge in [0.15, 0.2) is 0 Å². The van der Waals surface area contributed by atoms with Crippen LogP contribution in [0.2, 0.25) is 0 Å². The lowest BCUT2D eigenvalue weighted by Crippen LogP contribution is -2.01. The Labute approximate surface area is 62.3 Å². The highest BCUT2D eigenvalue weighted by molar-refractivity contribution is 5.63. The minimum absolute atomic E-state index is 0.0116. The predicted octanol–water partition coefficient (Wildman–Crippen LogP) is 0.257. The molecule has 5 heteroatoms. The molecule has 0 aliphatic heterocycles. The van der Waals surface area contributed by atoms with Crippen molar-refractivity contribution in [3.05, 3.63) is 17.6 Å². The van der Waals surface area contributed by atoms with Gasteiger partial charge in [-0.2, -0.15) is 9.65 Å². The van der Waals surface area contributed by atoms with Crippen LogP contribution in [-0.4, -0.2) is 4.98 Å². The quantitative estimate of drug-likeness (QED) is 0.521. The zero-order chi connectivity index (χ0) is 8.43. The summed E-state index contributed by atoms with van der Waals surface area (Å²) in [5, 5.41) is 8.42. The molecule has 1 rings (SSSR count). The van der Waals surface area contributed by atoms with Crippen LogP contribution in [0.3, 0.4) is 0 Å². The van der Waals surface area contributed by atoms with Crippen LogP contribution in [-0.2, 0) is 0 Å². The first-order valence-electron chi connectivity index (χ1n) is 2.76. The van der Waals surface area contributed by atoms with Crippen molar-refractivity contribution in [1.82, 2.24) is 4.98 Å². The van der Waals surface area contributed by atoms with Gasteiger partial charge in [-0.15, -0.1) is 0 Å². The molecule has 0 spiro atoms. The Morgan fingerprint density at radius 3 is 2.64 bits per heavy atom. The van der Waals surface area contributed by atoms with Crippen molar-refractivity contribution < 1.29 is 4.39 Å². The molecule has 0 atom stereocenters. The van der Waals surface area contributed by atoms with E-state index in [1.165, 1.54) is 0 Å². The fourth-order valence-electron chi connectivity index (χ4n) is 0.673. The Balaban J connectivity index is 3.40. The molecule has 0 unspecified atom stereocenters. The van der Waals surface area contributed by atoms with Gasteiger partial charge in [-0.1, -0.05) is 0 Å². The molecule has 0 amide bonds. The number of halogens is 1. The van der Waals surface area contributed by atoms with Crippen molar-refractivity contribution in [2.75, 3.05) is 11.5 Å². The lowest BCUT2D eigenvalue weighted by Gasteiger charge is -1.99. The Morgan fingerprint density at radius 1 is 1.55 bits per heavy atom. The molecular formula is C6H5FN4.